The number of fused-ring (bicyclic) bond motifs is 5. The third kappa shape index (κ3) is 3.79. The Morgan fingerprint density at radius 1 is 1.09 bits per heavy atom. The number of rotatable bonds is 5. The number of hydrogen-bond acceptors (Lipinski definition) is 1. The van der Waals surface area contributed by atoms with Crippen molar-refractivity contribution in [3.05, 3.63) is 18.0 Å². The zero-order chi connectivity index (χ0) is 24.1. The van der Waals surface area contributed by atoms with Gasteiger partial charge in [0.25, 0.3) is 0 Å². The monoisotopic (exact) mass is 462 g/mol. The molecule has 9 atom stereocenters. The van der Waals surface area contributed by atoms with Crippen molar-refractivity contribution in [2.24, 2.45) is 51.8 Å². The van der Waals surface area contributed by atoms with E-state index in [4.69, 9.17) is 6.42 Å². The molecule has 4 saturated carbocycles. The molecular formula is C32H50N2. The fourth-order valence-electron chi connectivity index (χ4n) is 10.6. The van der Waals surface area contributed by atoms with Gasteiger partial charge >= 0.3 is 0 Å². The van der Waals surface area contributed by atoms with E-state index in [2.05, 4.69) is 56.5 Å². The van der Waals surface area contributed by atoms with E-state index < -0.39 is 0 Å². The number of aromatic nitrogens is 2. The van der Waals surface area contributed by atoms with Crippen molar-refractivity contribution in [1.82, 2.24) is 9.78 Å². The van der Waals surface area contributed by atoms with Gasteiger partial charge in [-0.05, 0) is 110 Å². The zero-order valence-electron chi connectivity index (χ0n) is 22.8. The molecule has 5 rings (SSSR count). The van der Waals surface area contributed by atoms with Gasteiger partial charge in [-0.15, -0.1) is 6.42 Å². The van der Waals surface area contributed by atoms with Crippen molar-refractivity contribution in [3.63, 3.8) is 0 Å². The van der Waals surface area contributed by atoms with E-state index in [-0.39, 0.29) is 0 Å². The topological polar surface area (TPSA) is 17.8 Å². The minimum absolute atomic E-state index is 0.504. The number of hydrogen-bond donors (Lipinski definition) is 0. The fraction of sp³-hybridized carbons (Fsp3) is 0.844. The van der Waals surface area contributed by atoms with Crippen LogP contribution in [0.25, 0.3) is 0 Å². The molecule has 2 heteroatoms. The largest absolute Gasteiger partial charge is 0.271 e. The molecule has 0 spiro atoms. The molecule has 0 aromatic carbocycles. The molecule has 188 valence electrons. The predicted molar refractivity (Wildman–Crippen MR) is 142 cm³/mol. The van der Waals surface area contributed by atoms with Crippen molar-refractivity contribution in [3.8, 4) is 12.3 Å². The summed E-state index contributed by atoms with van der Waals surface area (Å²) in [5, 5.41) is 4.57. The van der Waals surface area contributed by atoms with Gasteiger partial charge in [-0.1, -0.05) is 59.8 Å². The van der Waals surface area contributed by atoms with Gasteiger partial charge in [0.15, 0.2) is 0 Å². The quantitative estimate of drug-likeness (QED) is 0.402. The molecule has 1 aromatic heterocycles. The highest BCUT2D eigenvalue weighted by molar-refractivity contribution is 5.26. The molecule has 1 heterocycles. The van der Waals surface area contributed by atoms with Gasteiger partial charge < -0.3 is 0 Å². The average molecular weight is 463 g/mol. The molecule has 0 aliphatic heterocycles. The third-order valence-electron chi connectivity index (χ3n) is 12.4. The molecule has 4 fully saturated rings. The van der Waals surface area contributed by atoms with Crippen LogP contribution in [0.4, 0.5) is 0 Å². The zero-order valence-corrected chi connectivity index (χ0v) is 22.8. The van der Waals surface area contributed by atoms with Crippen LogP contribution in [0.2, 0.25) is 0 Å². The molecule has 1 aromatic rings. The molecule has 4 aliphatic carbocycles. The molecule has 4 aliphatic rings. The predicted octanol–water partition coefficient (Wildman–Crippen LogP) is 8.36. The van der Waals surface area contributed by atoms with Crippen LogP contribution in [0.3, 0.4) is 0 Å². The molecule has 9 unspecified atom stereocenters. The molecule has 0 radical (unpaired) electrons. The van der Waals surface area contributed by atoms with Crippen molar-refractivity contribution in [2.75, 3.05) is 0 Å². The SMILES string of the molecule is C#Cc1cnn(CC(C)C2CCCC3C4CCC5(C)CC(CCC)CCC5(C)C4CCC23C)c1. The van der Waals surface area contributed by atoms with Gasteiger partial charge in [-0.25, -0.2) is 0 Å². The highest BCUT2D eigenvalue weighted by atomic mass is 15.3. The maximum absolute atomic E-state index is 5.59. The highest BCUT2D eigenvalue weighted by Crippen LogP contribution is 2.71. The number of nitrogens with zero attached hydrogens (tertiary/aromatic N) is 2. The van der Waals surface area contributed by atoms with E-state index in [1.54, 1.807) is 0 Å². The highest BCUT2D eigenvalue weighted by Gasteiger charge is 2.62. The molecule has 2 nitrogen and oxygen atoms in total. The first-order chi connectivity index (χ1) is 16.2. The van der Waals surface area contributed by atoms with E-state index in [1.807, 2.05) is 6.20 Å². The summed E-state index contributed by atoms with van der Waals surface area (Å²) in [6.07, 6.45) is 27.1. The Balaban J connectivity index is 1.35. The van der Waals surface area contributed by atoms with E-state index >= 15 is 0 Å². The lowest BCUT2D eigenvalue weighted by Gasteiger charge is -2.67. The normalized spacial score (nSPS) is 44.9. The van der Waals surface area contributed by atoms with Crippen LogP contribution in [-0.2, 0) is 6.54 Å². The molecule has 0 N–H and O–H groups in total. The Morgan fingerprint density at radius 3 is 2.65 bits per heavy atom. The third-order valence-corrected chi connectivity index (χ3v) is 12.4. The summed E-state index contributed by atoms with van der Waals surface area (Å²) >= 11 is 0. The summed E-state index contributed by atoms with van der Waals surface area (Å²) < 4.78 is 2.11. The molecular weight excluding hydrogens is 412 g/mol. The van der Waals surface area contributed by atoms with Crippen molar-refractivity contribution in [1.29, 1.82) is 0 Å². The minimum Gasteiger partial charge on any atom is -0.271 e. The standard InChI is InChI=1S/C32H50N2/c1-7-10-25-13-18-32(6)29-15-17-31(5)27(23(3)21-34-22-24(8-2)20-33-34)11-9-12-28(31)26(29)14-16-30(32,4)19-25/h2,20,22-23,25-29H,7,9-19,21H2,1,3-6H3. The van der Waals surface area contributed by atoms with Crippen LogP contribution in [0.5, 0.6) is 0 Å². The van der Waals surface area contributed by atoms with E-state index in [0.29, 0.717) is 22.2 Å². The molecule has 0 amide bonds. The average Bonchev–Trinajstić information content (AvgIpc) is 3.26. The second kappa shape index (κ2) is 9.01. The summed E-state index contributed by atoms with van der Waals surface area (Å²) in [6.45, 7) is 14.1. The molecule has 0 saturated heterocycles. The van der Waals surface area contributed by atoms with Gasteiger partial charge in [0.2, 0.25) is 0 Å². The summed E-state index contributed by atoms with van der Waals surface area (Å²) in [5.74, 6) is 8.06. The minimum atomic E-state index is 0.504. The van der Waals surface area contributed by atoms with Crippen molar-refractivity contribution >= 4 is 0 Å². The van der Waals surface area contributed by atoms with Crippen LogP contribution in [0.1, 0.15) is 117 Å². The fourth-order valence-corrected chi connectivity index (χ4v) is 10.6. The Bertz CT molecular complexity index is 908. The Hall–Kier alpha value is -1.23. The molecule has 34 heavy (non-hydrogen) atoms. The van der Waals surface area contributed by atoms with Crippen LogP contribution >= 0.6 is 0 Å². The first-order valence-corrected chi connectivity index (χ1v) is 14.7. The smallest absolute Gasteiger partial charge is 0.0646 e. The van der Waals surface area contributed by atoms with Crippen LogP contribution in [-0.4, -0.2) is 9.78 Å². The second-order valence-electron chi connectivity index (χ2n) is 13.9. The van der Waals surface area contributed by atoms with Crippen molar-refractivity contribution < 1.29 is 0 Å². The Kier molecular flexibility index (Phi) is 6.49. The van der Waals surface area contributed by atoms with E-state index in [1.165, 1.54) is 77.0 Å². The lowest BCUT2D eigenvalue weighted by Crippen LogP contribution is -2.59. The first kappa shape index (κ1) is 24.5. The van der Waals surface area contributed by atoms with Crippen LogP contribution in [0, 0.1) is 64.1 Å². The Labute approximate surface area is 210 Å². The summed E-state index contributed by atoms with van der Waals surface area (Å²) in [5.41, 5.74) is 2.56. The summed E-state index contributed by atoms with van der Waals surface area (Å²) in [6, 6.07) is 0. The van der Waals surface area contributed by atoms with E-state index in [0.717, 1.165) is 41.7 Å². The van der Waals surface area contributed by atoms with Gasteiger partial charge in [0, 0.05) is 12.7 Å². The van der Waals surface area contributed by atoms with Crippen molar-refractivity contribution in [2.45, 2.75) is 118 Å². The van der Waals surface area contributed by atoms with E-state index in [9.17, 15) is 0 Å². The molecule has 0 bridgehead atoms. The van der Waals surface area contributed by atoms with Gasteiger partial charge in [0.1, 0.15) is 0 Å². The van der Waals surface area contributed by atoms with Crippen LogP contribution < -0.4 is 0 Å². The maximum Gasteiger partial charge on any atom is 0.0646 e. The van der Waals surface area contributed by atoms with Gasteiger partial charge in [-0.2, -0.15) is 5.10 Å². The maximum atomic E-state index is 5.59. The van der Waals surface area contributed by atoms with Crippen LogP contribution in [0.15, 0.2) is 12.4 Å². The van der Waals surface area contributed by atoms with Gasteiger partial charge in [0.05, 0.1) is 11.8 Å². The lowest BCUT2D eigenvalue weighted by molar-refractivity contribution is -0.183. The van der Waals surface area contributed by atoms with Gasteiger partial charge in [-0.3, -0.25) is 4.68 Å². The first-order valence-electron chi connectivity index (χ1n) is 14.7. The summed E-state index contributed by atoms with van der Waals surface area (Å²) in [4.78, 5) is 0. The second-order valence-corrected chi connectivity index (χ2v) is 13.9. The lowest BCUT2D eigenvalue weighted by atomic mass is 9.37. The number of terminal acetylenes is 1. The Morgan fingerprint density at radius 2 is 1.91 bits per heavy atom. The summed E-state index contributed by atoms with van der Waals surface area (Å²) in [7, 11) is 0.